The summed E-state index contributed by atoms with van der Waals surface area (Å²) in [5, 5.41) is 6.43. The van der Waals surface area contributed by atoms with Crippen molar-refractivity contribution in [3.63, 3.8) is 0 Å². The van der Waals surface area contributed by atoms with Gasteiger partial charge in [0.1, 0.15) is 22.2 Å². The molecule has 0 saturated carbocycles. The lowest BCUT2D eigenvalue weighted by Crippen LogP contribution is -2.16. The third kappa shape index (κ3) is 5.31. The van der Waals surface area contributed by atoms with Crippen molar-refractivity contribution < 1.29 is 4.74 Å². The summed E-state index contributed by atoms with van der Waals surface area (Å²) < 4.78 is 7.53. The Bertz CT molecular complexity index is 794. The molecular weight excluding hydrogens is 474 g/mol. The Morgan fingerprint density at radius 3 is 2.30 bits per heavy atom. The second-order valence-corrected chi connectivity index (χ2v) is 8.18. The second kappa shape index (κ2) is 9.68. The molecule has 0 aliphatic heterocycles. The van der Waals surface area contributed by atoms with Crippen molar-refractivity contribution in [2.75, 3.05) is 17.7 Å². The zero-order valence-corrected chi connectivity index (χ0v) is 19.8. The highest BCUT2D eigenvalue weighted by Gasteiger charge is 2.19. The van der Waals surface area contributed by atoms with Crippen molar-refractivity contribution in [3.8, 4) is 17.1 Å². The number of hydrogen-bond acceptors (Lipinski definition) is 6. The lowest BCUT2D eigenvalue weighted by molar-refractivity contribution is 0.185. The van der Waals surface area contributed by atoms with E-state index in [0.29, 0.717) is 22.3 Å². The highest BCUT2D eigenvalue weighted by atomic mass is 79.9. The molecule has 2 heterocycles. The van der Waals surface area contributed by atoms with Gasteiger partial charge in [-0.1, -0.05) is 13.8 Å². The summed E-state index contributed by atoms with van der Waals surface area (Å²) >= 11 is 7.16. The van der Waals surface area contributed by atoms with Crippen LogP contribution in [0.5, 0.6) is 5.88 Å². The van der Waals surface area contributed by atoms with E-state index in [2.05, 4.69) is 80.2 Å². The lowest BCUT2D eigenvalue weighted by atomic mass is 10.1. The molecule has 2 rings (SSSR count). The fraction of sp³-hybridized carbons (Fsp3) is 0.526. The molecule has 0 atom stereocenters. The Hall–Kier alpha value is -1.41. The first-order valence-electron chi connectivity index (χ1n) is 9.16. The largest absolute Gasteiger partial charge is 0.472 e. The van der Waals surface area contributed by atoms with Gasteiger partial charge in [-0.15, -0.1) is 0 Å². The van der Waals surface area contributed by atoms with Crippen LogP contribution in [0.15, 0.2) is 15.1 Å². The second-order valence-electron chi connectivity index (χ2n) is 6.57. The van der Waals surface area contributed by atoms with Crippen molar-refractivity contribution >= 4 is 43.5 Å². The van der Waals surface area contributed by atoms with E-state index in [4.69, 9.17) is 9.72 Å². The summed E-state index contributed by atoms with van der Waals surface area (Å²) in [7, 11) is 1.82. The maximum atomic E-state index is 6.02. The normalized spacial score (nSPS) is 11.2. The van der Waals surface area contributed by atoms with E-state index in [1.165, 1.54) is 0 Å². The van der Waals surface area contributed by atoms with Crippen LogP contribution in [0.3, 0.4) is 0 Å². The van der Waals surface area contributed by atoms with Crippen molar-refractivity contribution in [2.24, 2.45) is 0 Å². The average molecular weight is 501 g/mol. The number of hydrogen-bond donors (Lipinski definition) is 2. The maximum Gasteiger partial charge on any atom is 0.258 e. The number of halogens is 2. The SMILES string of the molecule is CCC(CC)Oc1nc(Br)c(-c2cc(Br)c(NC(C)C)nc2C)nc1NC. The molecule has 0 radical (unpaired) electrons. The molecular formula is C19H27Br2N5O. The van der Waals surface area contributed by atoms with Crippen LogP contribution in [0.25, 0.3) is 11.3 Å². The number of ether oxygens (including phenoxy) is 1. The summed E-state index contributed by atoms with van der Waals surface area (Å²) in [6, 6.07) is 2.31. The van der Waals surface area contributed by atoms with Crippen LogP contribution in [0.2, 0.25) is 0 Å². The van der Waals surface area contributed by atoms with Crippen LogP contribution < -0.4 is 15.4 Å². The summed E-state index contributed by atoms with van der Waals surface area (Å²) in [4.78, 5) is 14.0. The molecule has 0 aliphatic rings. The van der Waals surface area contributed by atoms with E-state index >= 15 is 0 Å². The highest BCUT2D eigenvalue weighted by molar-refractivity contribution is 9.10. The van der Waals surface area contributed by atoms with Gasteiger partial charge in [-0.3, -0.25) is 0 Å². The number of rotatable bonds is 8. The molecule has 0 spiro atoms. The molecule has 148 valence electrons. The molecule has 0 amide bonds. The van der Waals surface area contributed by atoms with Crippen LogP contribution in [0.4, 0.5) is 11.6 Å². The zero-order chi connectivity index (χ0) is 20.1. The van der Waals surface area contributed by atoms with E-state index in [9.17, 15) is 0 Å². The van der Waals surface area contributed by atoms with Gasteiger partial charge < -0.3 is 15.4 Å². The first-order valence-corrected chi connectivity index (χ1v) is 10.7. The van der Waals surface area contributed by atoms with E-state index in [-0.39, 0.29) is 6.10 Å². The Balaban J connectivity index is 2.48. The number of aryl methyl sites for hydroxylation is 1. The highest BCUT2D eigenvalue weighted by Crippen LogP contribution is 2.35. The minimum atomic E-state index is 0.114. The minimum absolute atomic E-state index is 0.114. The van der Waals surface area contributed by atoms with Crippen LogP contribution in [-0.4, -0.2) is 34.1 Å². The molecule has 27 heavy (non-hydrogen) atoms. The van der Waals surface area contributed by atoms with Crippen molar-refractivity contribution in [3.05, 3.63) is 20.8 Å². The topological polar surface area (TPSA) is 72.0 Å². The van der Waals surface area contributed by atoms with Gasteiger partial charge in [-0.2, -0.15) is 0 Å². The van der Waals surface area contributed by atoms with Gasteiger partial charge in [0.2, 0.25) is 0 Å². The smallest absolute Gasteiger partial charge is 0.258 e. The molecule has 6 nitrogen and oxygen atoms in total. The van der Waals surface area contributed by atoms with Gasteiger partial charge in [-0.05, 0) is 71.5 Å². The van der Waals surface area contributed by atoms with Crippen molar-refractivity contribution in [1.82, 2.24) is 15.0 Å². The standard InChI is InChI=1S/C19H27Br2N5O/c1-7-12(8-2)27-19-18(22-6)25-15(16(21)26-19)13-9-14(20)17(23-10(3)4)24-11(13)5/h9-10,12H,7-8H2,1-6H3,(H,22,25)(H,23,24). The molecule has 2 aromatic heterocycles. The third-order valence-corrected chi connectivity index (χ3v) is 5.25. The Morgan fingerprint density at radius 1 is 1.07 bits per heavy atom. The summed E-state index contributed by atoms with van der Waals surface area (Å²) in [5.74, 6) is 1.93. The number of anilines is 2. The van der Waals surface area contributed by atoms with E-state index < -0.39 is 0 Å². The van der Waals surface area contributed by atoms with Gasteiger partial charge in [0.05, 0.1) is 4.47 Å². The summed E-state index contributed by atoms with van der Waals surface area (Å²) in [6.45, 7) is 10.3. The Morgan fingerprint density at radius 2 is 1.74 bits per heavy atom. The Labute approximate surface area is 178 Å². The quantitative estimate of drug-likeness (QED) is 0.477. The molecule has 0 aliphatic carbocycles. The van der Waals surface area contributed by atoms with Gasteiger partial charge in [0.15, 0.2) is 5.82 Å². The molecule has 0 aromatic carbocycles. The Kier molecular flexibility index (Phi) is 7.85. The molecule has 0 unspecified atom stereocenters. The lowest BCUT2D eigenvalue weighted by Gasteiger charge is -2.19. The molecule has 0 saturated heterocycles. The monoisotopic (exact) mass is 499 g/mol. The predicted molar refractivity (Wildman–Crippen MR) is 119 cm³/mol. The number of aromatic nitrogens is 3. The molecule has 2 N–H and O–H groups in total. The van der Waals surface area contributed by atoms with Crippen LogP contribution >= 0.6 is 31.9 Å². The molecule has 8 heteroatoms. The van der Waals surface area contributed by atoms with Crippen LogP contribution in [-0.2, 0) is 0 Å². The number of nitrogens with one attached hydrogen (secondary N) is 2. The number of pyridine rings is 1. The van der Waals surface area contributed by atoms with Crippen LogP contribution in [0.1, 0.15) is 46.2 Å². The van der Waals surface area contributed by atoms with Crippen molar-refractivity contribution in [1.29, 1.82) is 0 Å². The number of nitrogens with zero attached hydrogens (tertiary/aromatic N) is 3. The minimum Gasteiger partial charge on any atom is -0.472 e. The van der Waals surface area contributed by atoms with Gasteiger partial charge >= 0.3 is 0 Å². The fourth-order valence-corrected chi connectivity index (χ4v) is 3.52. The van der Waals surface area contributed by atoms with Gasteiger partial charge in [-0.25, -0.2) is 15.0 Å². The first-order chi connectivity index (χ1) is 12.8. The van der Waals surface area contributed by atoms with E-state index in [1.54, 1.807) is 0 Å². The third-order valence-electron chi connectivity index (χ3n) is 4.09. The first kappa shape index (κ1) is 21.9. The average Bonchev–Trinajstić information content (AvgIpc) is 2.62. The molecule has 0 fully saturated rings. The maximum absolute atomic E-state index is 6.02. The van der Waals surface area contributed by atoms with Gasteiger partial charge in [0, 0.05) is 24.3 Å². The zero-order valence-electron chi connectivity index (χ0n) is 16.7. The van der Waals surface area contributed by atoms with Crippen LogP contribution in [0, 0.1) is 6.92 Å². The summed E-state index contributed by atoms with van der Waals surface area (Å²) in [6.07, 6.45) is 1.95. The van der Waals surface area contributed by atoms with Gasteiger partial charge in [0.25, 0.3) is 5.88 Å². The fourth-order valence-electron chi connectivity index (χ4n) is 2.63. The van der Waals surface area contributed by atoms with E-state index in [0.717, 1.165) is 40.1 Å². The summed E-state index contributed by atoms with van der Waals surface area (Å²) in [5.41, 5.74) is 2.49. The molecule has 0 bridgehead atoms. The molecule has 2 aromatic rings. The predicted octanol–water partition coefficient (Wildman–Crippen LogP) is 5.80. The van der Waals surface area contributed by atoms with E-state index in [1.807, 2.05) is 20.0 Å². The van der Waals surface area contributed by atoms with Crippen molar-refractivity contribution in [2.45, 2.75) is 59.6 Å².